The Morgan fingerprint density at radius 1 is 1.50 bits per heavy atom. The van der Waals surface area contributed by atoms with E-state index < -0.39 is 12.1 Å². The second-order valence-corrected chi connectivity index (χ2v) is 3.58. The maximum Gasteiger partial charge on any atom is 0.334 e. The van der Waals surface area contributed by atoms with Crippen molar-refractivity contribution in [3.05, 3.63) is 0 Å². The lowest BCUT2D eigenvalue weighted by Crippen LogP contribution is -2.38. The highest BCUT2D eigenvalue weighted by Crippen LogP contribution is 2.05. The van der Waals surface area contributed by atoms with Gasteiger partial charge in [0.1, 0.15) is 0 Å². The van der Waals surface area contributed by atoms with E-state index in [0.717, 1.165) is 6.42 Å². The molecule has 0 aliphatic heterocycles. The first-order valence-corrected chi connectivity index (χ1v) is 5.27. The van der Waals surface area contributed by atoms with E-state index in [1.807, 2.05) is 6.92 Å². The molecular weight excluding hydrogens is 212 g/mol. The molecule has 16 heavy (non-hydrogen) atoms. The van der Waals surface area contributed by atoms with E-state index in [1.54, 1.807) is 0 Å². The Morgan fingerprint density at radius 3 is 2.50 bits per heavy atom. The summed E-state index contributed by atoms with van der Waals surface area (Å²) in [7, 11) is 1.29. The first-order chi connectivity index (χ1) is 7.54. The molecule has 0 aliphatic rings. The normalized spacial score (nSPS) is 14.2. The summed E-state index contributed by atoms with van der Waals surface area (Å²) < 4.78 is 4.68. The molecule has 4 N–H and O–H groups in total. The summed E-state index contributed by atoms with van der Waals surface area (Å²) in [6, 6.07) is 0. The number of carboxylic acids is 1. The van der Waals surface area contributed by atoms with Crippen LogP contribution < -0.4 is 11.1 Å². The lowest BCUT2D eigenvalue weighted by atomic mass is 10.0. The second-order valence-electron chi connectivity index (χ2n) is 3.58. The number of amides is 1. The van der Waals surface area contributed by atoms with Crippen LogP contribution in [0.3, 0.4) is 0 Å². The third kappa shape index (κ3) is 5.67. The number of hydrogen-bond acceptors (Lipinski definition) is 4. The van der Waals surface area contributed by atoms with Crippen LogP contribution in [0.5, 0.6) is 0 Å². The van der Waals surface area contributed by atoms with Gasteiger partial charge in [0.25, 0.3) is 0 Å². The van der Waals surface area contributed by atoms with Crippen molar-refractivity contribution >= 4 is 11.9 Å². The van der Waals surface area contributed by atoms with Crippen molar-refractivity contribution in [2.24, 2.45) is 11.7 Å². The number of carboxylic acid groups (broad SMARTS) is 1. The zero-order valence-corrected chi connectivity index (χ0v) is 9.73. The molecule has 2 atom stereocenters. The van der Waals surface area contributed by atoms with Gasteiger partial charge in [-0.1, -0.05) is 13.3 Å². The van der Waals surface area contributed by atoms with Gasteiger partial charge in [-0.3, -0.25) is 4.79 Å². The van der Waals surface area contributed by atoms with E-state index in [4.69, 9.17) is 10.8 Å². The number of ether oxygens (including phenoxy) is 1. The van der Waals surface area contributed by atoms with Crippen LogP contribution in [-0.2, 0) is 14.3 Å². The van der Waals surface area contributed by atoms with Gasteiger partial charge in [0.2, 0.25) is 5.91 Å². The number of carbonyl (C=O) groups is 2. The maximum absolute atomic E-state index is 11.4. The SMILES string of the molecule is CCC(CN)CC(=O)NCC(OC)C(=O)O. The molecule has 0 aromatic carbocycles. The van der Waals surface area contributed by atoms with Crippen LogP contribution in [0.4, 0.5) is 0 Å². The Labute approximate surface area is 95.1 Å². The van der Waals surface area contributed by atoms with Gasteiger partial charge < -0.3 is 20.9 Å². The lowest BCUT2D eigenvalue weighted by Gasteiger charge is -2.14. The predicted molar refractivity (Wildman–Crippen MR) is 58.9 cm³/mol. The number of hydrogen-bond donors (Lipinski definition) is 3. The lowest BCUT2D eigenvalue weighted by molar-refractivity contribution is -0.148. The van der Waals surface area contributed by atoms with Gasteiger partial charge in [-0.25, -0.2) is 4.79 Å². The molecule has 2 unspecified atom stereocenters. The van der Waals surface area contributed by atoms with E-state index in [9.17, 15) is 9.59 Å². The largest absolute Gasteiger partial charge is 0.479 e. The molecule has 0 saturated heterocycles. The molecule has 0 aromatic rings. The number of nitrogens with two attached hydrogens (primary N) is 1. The summed E-state index contributed by atoms with van der Waals surface area (Å²) in [5.41, 5.74) is 5.46. The molecule has 0 saturated carbocycles. The first-order valence-electron chi connectivity index (χ1n) is 5.27. The molecule has 1 amide bonds. The molecule has 0 radical (unpaired) electrons. The van der Waals surface area contributed by atoms with Gasteiger partial charge in [-0.15, -0.1) is 0 Å². The number of methoxy groups -OCH3 is 1. The minimum Gasteiger partial charge on any atom is -0.479 e. The minimum absolute atomic E-state index is 0.0222. The Kier molecular flexibility index (Phi) is 7.49. The summed E-state index contributed by atoms with van der Waals surface area (Å²) in [6.07, 6.45) is 0.154. The van der Waals surface area contributed by atoms with Crippen molar-refractivity contribution in [3.8, 4) is 0 Å². The highest BCUT2D eigenvalue weighted by Gasteiger charge is 2.18. The summed E-state index contributed by atoms with van der Waals surface area (Å²) in [6.45, 7) is 2.39. The smallest absolute Gasteiger partial charge is 0.334 e. The van der Waals surface area contributed by atoms with Gasteiger partial charge in [0, 0.05) is 13.5 Å². The van der Waals surface area contributed by atoms with Crippen molar-refractivity contribution in [1.29, 1.82) is 0 Å². The van der Waals surface area contributed by atoms with Crippen molar-refractivity contribution in [1.82, 2.24) is 5.32 Å². The Bertz CT molecular complexity index is 229. The summed E-state index contributed by atoms with van der Waals surface area (Å²) >= 11 is 0. The molecule has 94 valence electrons. The zero-order chi connectivity index (χ0) is 12.6. The topological polar surface area (TPSA) is 102 Å². The van der Waals surface area contributed by atoms with Crippen LogP contribution in [0, 0.1) is 5.92 Å². The highest BCUT2D eigenvalue weighted by atomic mass is 16.5. The zero-order valence-electron chi connectivity index (χ0n) is 9.73. The van der Waals surface area contributed by atoms with Crippen molar-refractivity contribution < 1.29 is 19.4 Å². The van der Waals surface area contributed by atoms with Crippen LogP contribution in [0.1, 0.15) is 19.8 Å². The van der Waals surface area contributed by atoms with E-state index in [-0.39, 0.29) is 18.4 Å². The van der Waals surface area contributed by atoms with Gasteiger partial charge in [-0.05, 0) is 12.5 Å². The monoisotopic (exact) mass is 232 g/mol. The van der Waals surface area contributed by atoms with E-state index >= 15 is 0 Å². The number of aliphatic carboxylic acids is 1. The van der Waals surface area contributed by atoms with E-state index in [1.165, 1.54) is 7.11 Å². The number of nitrogens with one attached hydrogen (secondary N) is 1. The highest BCUT2D eigenvalue weighted by molar-refractivity contribution is 5.78. The van der Waals surface area contributed by atoms with E-state index in [0.29, 0.717) is 13.0 Å². The molecule has 0 aliphatic carbocycles. The Morgan fingerprint density at radius 2 is 2.12 bits per heavy atom. The summed E-state index contributed by atoms with van der Waals surface area (Å²) in [4.78, 5) is 22.0. The van der Waals surface area contributed by atoms with Crippen molar-refractivity contribution in [2.45, 2.75) is 25.9 Å². The van der Waals surface area contributed by atoms with E-state index in [2.05, 4.69) is 10.1 Å². The van der Waals surface area contributed by atoms with Crippen LogP contribution in [0.25, 0.3) is 0 Å². The third-order valence-corrected chi connectivity index (χ3v) is 2.43. The van der Waals surface area contributed by atoms with Crippen molar-refractivity contribution in [3.63, 3.8) is 0 Å². The van der Waals surface area contributed by atoms with Crippen LogP contribution in [0.15, 0.2) is 0 Å². The molecule has 6 nitrogen and oxygen atoms in total. The minimum atomic E-state index is -1.09. The fourth-order valence-corrected chi connectivity index (χ4v) is 1.21. The molecule has 0 rings (SSSR count). The molecule has 0 aromatic heterocycles. The Balaban J connectivity index is 3.92. The van der Waals surface area contributed by atoms with Crippen LogP contribution in [0.2, 0.25) is 0 Å². The maximum atomic E-state index is 11.4. The standard InChI is InChI=1S/C10H20N2O4/c1-3-7(5-11)4-9(13)12-6-8(16-2)10(14)15/h7-8H,3-6,11H2,1-2H3,(H,12,13)(H,14,15). The van der Waals surface area contributed by atoms with Gasteiger partial charge in [0.15, 0.2) is 6.10 Å². The van der Waals surface area contributed by atoms with Gasteiger partial charge in [0.05, 0.1) is 6.54 Å². The van der Waals surface area contributed by atoms with Crippen LogP contribution in [-0.4, -0.2) is 43.3 Å². The molecule has 0 spiro atoms. The van der Waals surface area contributed by atoms with Crippen molar-refractivity contribution in [2.75, 3.05) is 20.2 Å². The summed E-state index contributed by atoms with van der Waals surface area (Å²) in [5, 5.41) is 11.2. The quantitative estimate of drug-likeness (QED) is 0.527. The molecular formula is C10H20N2O4. The number of rotatable bonds is 8. The predicted octanol–water partition coefficient (Wildman–Crippen LogP) is -0.423. The fraction of sp³-hybridized carbons (Fsp3) is 0.800. The first kappa shape index (κ1) is 14.9. The average molecular weight is 232 g/mol. The Hall–Kier alpha value is -1.14. The fourth-order valence-electron chi connectivity index (χ4n) is 1.21. The third-order valence-electron chi connectivity index (χ3n) is 2.43. The average Bonchev–Trinajstić information content (AvgIpc) is 2.26. The molecule has 0 heterocycles. The second kappa shape index (κ2) is 8.06. The molecule has 0 bridgehead atoms. The van der Waals surface area contributed by atoms with Gasteiger partial charge in [-0.2, -0.15) is 0 Å². The molecule has 6 heteroatoms. The van der Waals surface area contributed by atoms with Crippen LogP contribution >= 0.6 is 0 Å². The van der Waals surface area contributed by atoms with Gasteiger partial charge >= 0.3 is 5.97 Å². The molecule has 0 fully saturated rings. The summed E-state index contributed by atoms with van der Waals surface area (Å²) in [5.74, 6) is -1.14. The number of carbonyl (C=O) groups excluding carboxylic acids is 1.